The third-order valence-electron chi connectivity index (χ3n) is 2.96. The van der Waals surface area contributed by atoms with Gasteiger partial charge in [0.25, 0.3) is 0 Å². The van der Waals surface area contributed by atoms with Gasteiger partial charge in [-0.3, -0.25) is 4.57 Å². The van der Waals surface area contributed by atoms with Gasteiger partial charge in [-0.05, 0) is 17.9 Å². The molecule has 0 saturated heterocycles. The number of hydrogen-bond acceptors (Lipinski definition) is 2. The van der Waals surface area contributed by atoms with Crippen molar-refractivity contribution < 1.29 is 4.79 Å². The fraction of sp³-hybridized carbons (Fsp3) is 0.286. The Morgan fingerprint density at radius 3 is 2.83 bits per heavy atom. The molecule has 4 heteroatoms. The molecule has 0 aliphatic carbocycles. The maximum atomic E-state index is 11.6. The zero-order chi connectivity index (χ0) is 12.8. The summed E-state index contributed by atoms with van der Waals surface area (Å²) in [7, 11) is 0. The van der Waals surface area contributed by atoms with Crippen LogP contribution in [-0.2, 0) is 0 Å². The molecule has 1 aromatic carbocycles. The Morgan fingerprint density at radius 2 is 2.17 bits per heavy atom. The number of amides is 1. The fourth-order valence-corrected chi connectivity index (χ4v) is 1.81. The van der Waals surface area contributed by atoms with Crippen molar-refractivity contribution in [3.63, 3.8) is 0 Å². The van der Waals surface area contributed by atoms with E-state index in [-0.39, 0.29) is 6.03 Å². The van der Waals surface area contributed by atoms with Crippen LogP contribution in [0.2, 0.25) is 0 Å². The molecule has 0 bridgehead atoms. The fourth-order valence-electron chi connectivity index (χ4n) is 1.81. The van der Waals surface area contributed by atoms with Crippen LogP contribution in [0.4, 0.5) is 4.79 Å². The number of rotatable bonds is 4. The molecule has 1 N–H and O–H groups in total. The summed E-state index contributed by atoms with van der Waals surface area (Å²) in [4.78, 5) is 15.5. The van der Waals surface area contributed by atoms with E-state index in [2.05, 4.69) is 29.4 Å². The molecule has 0 aliphatic rings. The van der Waals surface area contributed by atoms with E-state index in [0.717, 1.165) is 6.42 Å². The summed E-state index contributed by atoms with van der Waals surface area (Å²) in [5.74, 6) is 0.439. The molecule has 1 heterocycles. The Morgan fingerprint density at radius 1 is 1.39 bits per heavy atom. The lowest BCUT2D eigenvalue weighted by Gasteiger charge is -2.12. The summed E-state index contributed by atoms with van der Waals surface area (Å²) in [5, 5.41) is 2.87. The lowest BCUT2D eigenvalue weighted by molar-refractivity contribution is 0.242. The van der Waals surface area contributed by atoms with Crippen LogP contribution in [0.5, 0.6) is 0 Å². The van der Waals surface area contributed by atoms with Crippen LogP contribution in [0.3, 0.4) is 0 Å². The predicted octanol–water partition coefficient (Wildman–Crippen LogP) is 2.63. The molecule has 0 aliphatic heterocycles. The number of carbonyl (C=O) groups is 1. The highest BCUT2D eigenvalue weighted by Gasteiger charge is 2.06. The third-order valence-corrected chi connectivity index (χ3v) is 2.96. The quantitative estimate of drug-likeness (QED) is 0.897. The van der Waals surface area contributed by atoms with Gasteiger partial charge in [-0.1, -0.05) is 37.3 Å². The van der Waals surface area contributed by atoms with Crippen LogP contribution in [-0.4, -0.2) is 22.1 Å². The number of imidazole rings is 1. The van der Waals surface area contributed by atoms with Gasteiger partial charge in [0, 0.05) is 18.9 Å². The molecule has 18 heavy (non-hydrogen) atoms. The van der Waals surface area contributed by atoms with E-state index < -0.39 is 0 Å². The van der Waals surface area contributed by atoms with E-state index in [1.165, 1.54) is 16.5 Å². The van der Waals surface area contributed by atoms with E-state index in [1.807, 2.05) is 18.2 Å². The van der Waals surface area contributed by atoms with Crippen molar-refractivity contribution in [2.45, 2.75) is 19.3 Å². The topological polar surface area (TPSA) is 46.9 Å². The maximum Gasteiger partial charge on any atom is 0.326 e. The molecule has 1 atom stereocenters. The lowest BCUT2D eigenvalue weighted by Crippen LogP contribution is -2.29. The van der Waals surface area contributed by atoms with Gasteiger partial charge in [-0.15, -0.1) is 0 Å². The number of nitrogens with zero attached hydrogens (tertiary/aromatic N) is 2. The maximum absolute atomic E-state index is 11.6. The second-order valence-electron chi connectivity index (χ2n) is 4.30. The monoisotopic (exact) mass is 243 g/mol. The first-order chi connectivity index (χ1) is 8.77. The van der Waals surface area contributed by atoms with Crippen LogP contribution in [0.15, 0.2) is 49.1 Å². The zero-order valence-corrected chi connectivity index (χ0v) is 10.4. The number of benzene rings is 1. The molecule has 4 nitrogen and oxygen atoms in total. The molecule has 2 rings (SSSR count). The number of carbonyl (C=O) groups excluding carboxylic acids is 1. The van der Waals surface area contributed by atoms with Crippen molar-refractivity contribution >= 4 is 6.03 Å². The Balaban J connectivity index is 1.77. The highest BCUT2D eigenvalue weighted by Crippen LogP contribution is 2.17. The van der Waals surface area contributed by atoms with E-state index in [0.29, 0.717) is 12.5 Å². The number of hydrogen-bond donors (Lipinski definition) is 1. The minimum absolute atomic E-state index is 0.132. The van der Waals surface area contributed by atoms with Crippen LogP contribution in [0.25, 0.3) is 0 Å². The lowest BCUT2D eigenvalue weighted by atomic mass is 9.98. The van der Waals surface area contributed by atoms with Crippen molar-refractivity contribution in [1.29, 1.82) is 0 Å². The molecule has 1 unspecified atom stereocenters. The predicted molar refractivity (Wildman–Crippen MR) is 70.5 cm³/mol. The van der Waals surface area contributed by atoms with Crippen molar-refractivity contribution in [1.82, 2.24) is 14.9 Å². The smallest absolute Gasteiger partial charge is 0.326 e. The van der Waals surface area contributed by atoms with Gasteiger partial charge in [0.1, 0.15) is 6.33 Å². The molecule has 1 aromatic heterocycles. The van der Waals surface area contributed by atoms with E-state index in [1.54, 1.807) is 12.4 Å². The van der Waals surface area contributed by atoms with Gasteiger partial charge in [-0.25, -0.2) is 9.78 Å². The summed E-state index contributed by atoms with van der Waals surface area (Å²) in [6.45, 7) is 2.83. The molecule has 0 fully saturated rings. The molecule has 0 saturated carbocycles. The SMILES string of the molecule is CC(CCNC(=O)n1ccnc1)c1ccccc1. The molecule has 94 valence electrons. The summed E-state index contributed by atoms with van der Waals surface area (Å²) >= 11 is 0. The molecule has 0 radical (unpaired) electrons. The van der Waals surface area contributed by atoms with Crippen molar-refractivity contribution in [2.75, 3.05) is 6.54 Å². The minimum atomic E-state index is -0.132. The molecular formula is C14H17N3O. The summed E-state index contributed by atoms with van der Waals surface area (Å²) < 4.78 is 1.44. The Hall–Kier alpha value is -2.10. The molecule has 0 spiro atoms. The highest BCUT2D eigenvalue weighted by atomic mass is 16.2. The Bertz CT molecular complexity index is 479. The van der Waals surface area contributed by atoms with Gasteiger partial charge < -0.3 is 5.32 Å². The van der Waals surface area contributed by atoms with Crippen LogP contribution in [0.1, 0.15) is 24.8 Å². The standard InChI is InChI=1S/C14H17N3O/c1-12(13-5-3-2-4-6-13)7-8-16-14(18)17-10-9-15-11-17/h2-6,9-12H,7-8H2,1H3,(H,16,18). The van der Waals surface area contributed by atoms with Gasteiger partial charge in [0.15, 0.2) is 0 Å². The second kappa shape index (κ2) is 6.00. The first-order valence-corrected chi connectivity index (χ1v) is 6.08. The molecule has 1 amide bonds. The summed E-state index contributed by atoms with van der Waals surface area (Å²) in [6.07, 6.45) is 5.64. The first-order valence-electron chi connectivity index (χ1n) is 6.08. The largest absolute Gasteiger partial charge is 0.337 e. The van der Waals surface area contributed by atoms with Gasteiger partial charge in [-0.2, -0.15) is 0 Å². The van der Waals surface area contributed by atoms with Crippen molar-refractivity contribution in [2.24, 2.45) is 0 Å². The highest BCUT2D eigenvalue weighted by molar-refractivity contribution is 5.76. The van der Waals surface area contributed by atoms with Crippen molar-refractivity contribution in [3.05, 3.63) is 54.6 Å². The van der Waals surface area contributed by atoms with Gasteiger partial charge >= 0.3 is 6.03 Å². The zero-order valence-electron chi connectivity index (χ0n) is 10.4. The minimum Gasteiger partial charge on any atom is -0.337 e. The average Bonchev–Trinajstić information content (AvgIpc) is 2.93. The summed E-state index contributed by atoms with van der Waals surface area (Å²) in [6, 6.07) is 10.2. The number of nitrogens with one attached hydrogen (secondary N) is 1. The summed E-state index contributed by atoms with van der Waals surface area (Å²) in [5.41, 5.74) is 1.30. The first kappa shape index (κ1) is 12.4. The third kappa shape index (κ3) is 3.20. The van der Waals surface area contributed by atoms with Gasteiger partial charge in [0.05, 0.1) is 0 Å². The number of aromatic nitrogens is 2. The van der Waals surface area contributed by atoms with Crippen LogP contribution in [0, 0.1) is 0 Å². The Kier molecular flexibility index (Phi) is 4.12. The van der Waals surface area contributed by atoms with E-state index in [9.17, 15) is 4.79 Å². The molecule has 2 aromatic rings. The van der Waals surface area contributed by atoms with E-state index in [4.69, 9.17) is 0 Å². The Labute approximate surface area is 107 Å². The van der Waals surface area contributed by atoms with Crippen LogP contribution >= 0.6 is 0 Å². The van der Waals surface area contributed by atoms with E-state index >= 15 is 0 Å². The molecular weight excluding hydrogens is 226 g/mol. The van der Waals surface area contributed by atoms with Gasteiger partial charge in [0.2, 0.25) is 0 Å². The average molecular weight is 243 g/mol. The van der Waals surface area contributed by atoms with Crippen molar-refractivity contribution in [3.8, 4) is 0 Å². The second-order valence-corrected chi connectivity index (χ2v) is 4.30. The van der Waals surface area contributed by atoms with Crippen LogP contribution < -0.4 is 5.32 Å². The normalized spacial score (nSPS) is 12.1.